The number of pyridine rings is 1. The van der Waals surface area contributed by atoms with Crippen LogP contribution in [0.1, 0.15) is 20.3 Å². The van der Waals surface area contributed by atoms with Crippen LogP contribution in [0.2, 0.25) is 0 Å². The number of rotatable bonds is 10. The van der Waals surface area contributed by atoms with E-state index in [1.54, 1.807) is 18.3 Å². The molecule has 1 amide bonds. The number of aromatic nitrogens is 1. The van der Waals surface area contributed by atoms with E-state index in [1.165, 1.54) is 6.20 Å². The molecule has 0 aliphatic heterocycles. The van der Waals surface area contributed by atoms with Gasteiger partial charge in [0.1, 0.15) is 6.04 Å². The van der Waals surface area contributed by atoms with Crippen LogP contribution in [-0.4, -0.2) is 59.1 Å². The van der Waals surface area contributed by atoms with E-state index < -0.39 is 12.0 Å². The standard InChI is InChI=1S/C15H24N4O3/c1-3-19(4-2)9-8-17-13(15(21)22)10-14(20)18-12-6-5-7-16-11-12/h5-7,11,13,17H,3-4,8-10H2,1-2H3,(H,18,20)(H,21,22). The van der Waals surface area contributed by atoms with Gasteiger partial charge in [-0.2, -0.15) is 0 Å². The first kappa shape index (κ1) is 18.1. The summed E-state index contributed by atoms with van der Waals surface area (Å²) in [6.45, 7) is 7.22. The Morgan fingerprint density at radius 1 is 1.36 bits per heavy atom. The molecule has 1 unspecified atom stereocenters. The number of carboxylic acid groups (broad SMARTS) is 1. The second kappa shape index (κ2) is 9.86. The van der Waals surface area contributed by atoms with E-state index >= 15 is 0 Å². The van der Waals surface area contributed by atoms with E-state index in [2.05, 4.69) is 34.4 Å². The van der Waals surface area contributed by atoms with Crippen molar-refractivity contribution in [1.29, 1.82) is 0 Å². The zero-order chi connectivity index (χ0) is 16.4. The van der Waals surface area contributed by atoms with Crippen molar-refractivity contribution in [2.24, 2.45) is 0 Å². The van der Waals surface area contributed by atoms with Crippen LogP contribution in [0.5, 0.6) is 0 Å². The van der Waals surface area contributed by atoms with Crippen LogP contribution < -0.4 is 10.6 Å². The van der Waals surface area contributed by atoms with E-state index in [0.717, 1.165) is 19.6 Å². The molecule has 122 valence electrons. The fraction of sp³-hybridized carbons (Fsp3) is 0.533. The highest BCUT2D eigenvalue weighted by molar-refractivity contribution is 5.93. The first-order valence-corrected chi connectivity index (χ1v) is 7.45. The van der Waals surface area contributed by atoms with Crippen molar-refractivity contribution in [3.63, 3.8) is 0 Å². The summed E-state index contributed by atoms with van der Waals surface area (Å²) in [5.74, 6) is -1.38. The largest absolute Gasteiger partial charge is 0.480 e. The number of aliphatic carboxylic acids is 1. The van der Waals surface area contributed by atoms with Gasteiger partial charge in [-0.25, -0.2) is 0 Å². The van der Waals surface area contributed by atoms with E-state index in [-0.39, 0.29) is 12.3 Å². The Kier molecular flexibility index (Phi) is 8.09. The van der Waals surface area contributed by atoms with Crippen molar-refractivity contribution in [3.8, 4) is 0 Å². The number of carboxylic acids is 1. The van der Waals surface area contributed by atoms with Gasteiger partial charge in [-0.1, -0.05) is 13.8 Å². The van der Waals surface area contributed by atoms with Crippen LogP contribution in [-0.2, 0) is 9.59 Å². The molecular weight excluding hydrogens is 284 g/mol. The number of hydrogen-bond acceptors (Lipinski definition) is 5. The van der Waals surface area contributed by atoms with Crippen LogP contribution in [0.4, 0.5) is 5.69 Å². The molecule has 0 aliphatic rings. The molecule has 0 radical (unpaired) electrons. The summed E-state index contributed by atoms with van der Waals surface area (Å²) >= 11 is 0. The van der Waals surface area contributed by atoms with Gasteiger partial charge in [-0.3, -0.25) is 14.6 Å². The Morgan fingerprint density at radius 2 is 2.09 bits per heavy atom. The molecule has 0 aromatic carbocycles. The molecule has 3 N–H and O–H groups in total. The normalized spacial score (nSPS) is 12.1. The lowest BCUT2D eigenvalue weighted by atomic mass is 10.2. The minimum absolute atomic E-state index is 0.123. The lowest BCUT2D eigenvalue weighted by molar-refractivity contribution is -0.141. The molecular formula is C15H24N4O3. The van der Waals surface area contributed by atoms with Crippen LogP contribution in [0.25, 0.3) is 0 Å². The van der Waals surface area contributed by atoms with Crippen molar-refractivity contribution in [2.45, 2.75) is 26.3 Å². The first-order chi connectivity index (χ1) is 10.6. The summed E-state index contributed by atoms with van der Waals surface area (Å²) in [5, 5.41) is 14.8. The molecule has 1 atom stereocenters. The Bertz CT molecular complexity index is 463. The van der Waals surface area contributed by atoms with Crippen molar-refractivity contribution in [1.82, 2.24) is 15.2 Å². The highest BCUT2D eigenvalue weighted by Crippen LogP contribution is 2.04. The van der Waals surface area contributed by atoms with Crippen LogP contribution in [0, 0.1) is 0 Å². The van der Waals surface area contributed by atoms with Crippen LogP contribution in [0.15, 0.2) is 24.5 Å². The van der Waals surface area contributed by atoms with E-state index in [1.807, 2.05) is 0 Å². The number of nitrogens with one attached hydrogen (secondary N) is 2. The summed E-state index contributed by atoms with van der Waals surface area (Å²) in [6.07, 6.45) is 2.99. The summed E-state index contributed by atoms with van der Waals surface area (Å²) < 4.78 is 0. The fourth-order valence-corrected chi connectivity index (χ4v) is 2.02. The average Bonchev–Trinajstić information content (AvgIpc) is 2.51. The molecule has 1 heterocycles. The van der Waals surface area contributed by atoms with Crippen LogP contribution in [0.3, 0.4) is 0 Å². The molecule has 1 aromatic rings. The van der Waals surface area contributed by atoms with E-state index in [9.17, 15) is 14.7 Å². The van der Waals surface area contributed by atoms with E-state index in [4.69, 9.17) is 0 Å². The number of hydrogen-bond donors (Lipinski definition) is 3. The number of anilines is 1. The van der Waals surface area contributed by atoms with E-state index in [0.29, 0.717) is 12.2 Å². The maximum atomic E-state index is 11.9. The number of likely N-dealkylation sites (N-methyl/N-ethyl adjacent to an activating group) is 1. The summed E-state index contributed by atoms with van der Waals surface area (Å²) in [4.78, 5) is 29.2. The third-order valence-electron chi connectivity index (χ3n) is 3.35. The topological polar surface area (TPSA) is 94.6 Å². The number of nitrogens with zero attached hydrogens (tertiary/aromatic N) is 2. The molecule has 0 saturated heterocycles. The summed E-state index contributed by atoms with van der Waals surface area (Å²) in [5.41, 5.74) is 0.555. The third-order valence-corrected chi connectivity index (χ3v) is 3.35. The highest BCUT2D eigenvalue weighted by Gasteiger charge is 2.20. The maximum absolute atomic E-state index is 11.9. The lowest BCUT2D eigenvalue weighted by Crippen LogP contribution is -2.43. The van der Waals surface area contributed by atoms with Gasteiger partial charge in [-0.05, 0) is 25.2 Å². The molecule has 0 spiro atoms. The SMILES string of the molecule is CCN(CC)CCNC(CC(=O)Nc1cccnc1)C(=O)O. The van der Waals surface area contributed by atoms with Crippen molar-refractivity contribution < 1.29 is 14.7 Å². The van der Waals surface area contributed by atoms with Gasteiger partial charge < -0.3 is 20.6 Å². The lowest BCUT2D eigenvalue weighted by Gasteiger charge is -2.20. The van der Waals surface area contributed by atoms with Gasteiger partial charge in [0.05, 0.1) is 18.3 Å². The van der Waals surface area contributed by atoms with Crippen molar-refractivity contribution >= 4 is 17.6 Å². The molecule has 1 rings (SSSR count). The van der Waals surface area contributed by atoms with Crippen molar-refractivity contribution in [3.05, 3.63) is 24.5 Å². The molecule has 7 heteroatoms. The first-order valence-electron chi connectivity index (χ1n) is 7.45. The Morgan fingerprint density at radius 3 is 2.64 bits per heavy atom. The average molecular weight is 308 g/mol. The zero-order valence-electron chi connectivity index (χ0n) is 13.1. The van der Waals surface area contributed by atoms with Crippen molar-refractivity contribution in [2.75, 3.05) is 31.5 Å². The smallest absolute Gasteiger partial charge is 0.321 e. The molecule has 0 aliphatic carbocycles. The molecule has 22 heavy (non-hydrogen) atoms. The van der Waals surface area contributed by atoms with Gasteiger partial charge >= 0.3 is 5.97 Å². The molecule has 7 nitrogen and oxygen atoms in total. The minimum Gasteiger partial charge on any atom is -0.480 e. The van der Waals surface area contributed by atoms with Gasteiger partial charge in [0, 0.05) is 19.3 Å². The second-order valence-electron chi connectivity index (χ2n) is 4.87. The number of carbonyl (C=O) groups is 2. The minimum atomic E-state index is -1.03. The molecule has 1 aromatic heterocycles. The number of carbonyl (C=O) groups excluding carboxylic acids is 1. The predicted molar refractivity (Wildman–Crippen MR) is 84.7 cm³/mol. The predicted octanol–water partition coefficient (Wildman–Crippen LogP) is 0.795. The van der Waals surface area contributed by atoms with Gasteiger partial charge in [0.15, 0.2) is 0 Å². The molecule has 0 bridgehead atoms. The van der Waals surface area contributed by atoms with Crippen LogP contribution >= 0.6 is 0 Å². The fourth-order valence-electron chi connectivity index (χ4n) is 2.02. The Labute approximate surface area is 130 Å². The maximum Gasteiger partial charge on any atom is 0.321 e. The quantitative estimate of drug-likeness (QED) is 0.592. The summed E-state index contributed by atoms with van der Waals surface area (Å²) in [7, 11) is 0. The molecule has 0 saturated carbocycles. The monoisotopic (exact) mass is 308 g/mol. The summed E-state index contributed by atoms with van der Waals surface area (Å²) in [6, 6.07) is 2.51. The van der Waals surface area contributed by atoms with Gasteiger partial charge in [0.2, 0.25) is 5.91 Å². The second-order valence-corrected chi connectivity index (χ2v) is 4.87. The van der Waals surface area contributed by atoms with Gasteiger partial charge in [0.25, 0.3) is 0 Å². The third kappa shape index (κ3) is 6.64. The highest BCUT2D eigenvalue weighted by atomic mass is 16.4. The number of amides is 1. The Hall–Kier alpha value is -1.99. The zero-order valence-corrected chi connectivity index (χ0v) is 13.1. The molecule has 0 fully saturated rings. The van der Waals surface area contributed by atoms with Gasteiger partial charge in [-0.15, -0.1) is 0 Å². The Balaban J connectivity index is 2.43.